The fraction of sp³-hybridized carbons (Fsp3) is 0.143. The van der Waals surface area contributed by atoms with Crippen molar-refractivity contribution in [3.05, 3.63) is 46.5 Å². The first kappa shape index (κ1) is 18.2. The van der Waals surface area contributed by atoms with Gasteiger partial charge in [0.1, 0.15) is 0 Å². The minimum absolute atomic E-state index is 0.0730. The van der Waals surface area contributed by atoms with Crippen LogP contribution in [-0.4, -0.2) is 47.8 Å². The van der Waals surface area contributed by atoms with E-state index in [2.05, 4.69) is 10.1 Å². The van der Waals surface area contributed by atoms with Gasteiger partial charge in [-0.05, 0) is 18.2 Å². The topological polar surface area (TPSA) is 146 Å². The van der Waals surface area contributed by atoms with Crippen LogP contribution in [0.4, 0.5) is 18.9 Å². The van der Waals surface area contributed by atoms with Crippen molar-refractivity contribution in [3.63, 3.8) is 0 Å². The number of aromatic nitrogens is 2. The summed E-state index contributed by atoms with van der Waals surface area (Å²) in [4.78, 5) is 13.7. The highest BCUT2D eigenvalue weighted by atomic mass is 19.4. The van der Waals surface area contributed by atoms with Crippen LogP contribution in [0.3, 0.4) is 0 Å². The van der Waals surface area contributed by atoms with E-state index in [0.29, 0.717) is 0 Å². The van der Waals surface area contributed by atoms with Gasteiger partial charge in [0.15, 0.2) is 11.8 Å². The number of nitrogens with zero attached hydrogens (tertiary/aromatic N) is 4. The smallest absolute Gasteiger partial charge is 0.415 e. The average Bonchev–Trinajstić information content (AvgIpc) is 3.05. The molecule has 0 bridgehead atoms. The van der Waals surface area contributed by atoms with E-state index in [-0.39, 0.29) is 16.5 Å². The zero-order valence-electron chi connectivity index (χ0n) is 13.0. The third-order valence-electron chi connectivity index (χ3n) is 3.58. The lowest BCUT2D eigenvalue weighted by atomic mass is 10.0. The molecule has 2 heterocycles. The van der Waals surface area contributed by atoms with Crippen LogP contribution < -0.4 is 0 Å². The molecule has 1 aliphatic heterocycles. The second kappa shape index (κ2) is 6.28. The van der Waals surface area contributed by atoms with Crippen molar-refractivity contribution in [1.29, 1.82) is 0 Å². The standard InChI is InChI=1S/C14H9F3N4O6/c15-14(16,17)11-7(2-1-3-20(11)24)13-18-12(19-27-13)6-4-8(21(25)26)10(23)9(22)5-6/h1-5,11,22-24H. The third kappa shape index (κ3) is 3.27. The van der Waals surface area contributed by atoms with Crippen LogP contribution >= 0.6 is 0 Å². The average molecular weight is 386 g/mol. The van der Waals surface area contributed by atoms with Gasteiger partial charge >= 0.3 is 11.9 Å². The fourth-order valence-corrected chi connectivity index (χ4v) is 2.40. The van der Waals surface area contributed by atoms with E-state index in [1.807, 2.05) is 0 Å². The van der Waals surface area contributed by atoms with Gasteiger partial charge in [-0.25, -0.2) is 5.06 Å². The van der Waals surface area contributed by atoms with Gasteiger partial charge in [0.25, 0.3) is 5.89 Å². The summed E-state index contributed by atoms with van der Waals surface area (Å²) in [6, 6.07) is -0.761. The van der Waals surface area contributed by atoms with Gasteiger partial charge in [0.2, 0.25) is 11.6 Å². The highest BCUT2D eigenvalue weighted by molar-refractivity contribution is 5.71. The summed E-state index contributed by atoms with van der Waals surface area (Å²) in [5, 5.41) is 42.8. The number of alkyl halides is 3. The van der Waals surface area contributed by atoms with Crippen LogP contribution in [0.1, 0.15) is 5.89 Å². The Labute approximate surface area is 147 Å². The van der Waals surface area contributed by atoms with Gasteiger partial charge in [-0.15, -0.1) is 0 Å². The summed E-state index contributed by atoms with van der Waals surface area (Å²) in [5.74, 6) is -2.80. The van der Waals surface area contributed by atoms with E-state index in [1.54, 1.807) is 0 Å². The predicted octanol–water partition coefficient (Wildman–Crippen LogP) is 2.59. The Balaban J connectivity index is 2.04. The first-order chi connectivity index (χ1) is 12.6. The number of allylic oxidation sites excluding steroid dienone is 2. The Morgan fingerprint density at radius 2 is 2.00 bits per heavy atom. The van der Waals surface area contributed by atoms with Crippen molar-refractivity contribution in [2.75, 3.05) is 0 Å². The first-order valence-electron chi connectivity index (χ1n) is 7.06. The molecule has 1 aromatic carbocycles. The molecule has 1 aromatic heterocycles. The molecule has 0 saturated carbocycles. The van der Waals surface area contributed by atoms with Crippen LogP contribution in [-0.2, 0) is 0 Å². The number of hydrogen-bond donors (Lipinski definition) is 3. The van der Waals surface area contributed by atoms with Gasteiger partial charge in [-0.1, -0.05) is 5.16 Å². The van der Waals surface area contributed by atoms with E-state index in [0.717, 1.165) is 30.5 Å². The number of nitro benzene ring substituents is 1. The number of phenolic OH excluding ortho intramolecular Hbond substituents is 2. The normalized spacial score (nSPS) is 17.1. The molecule has 0 radical (unpaired) electrons. The van der Waals surface area contributed by atoms with Crippen molar-refractivity contribution < 1.29 is 38.0 Å². The Morgan fingerprint density at radius 1 is 1.30 bits per heavy atom. The quantitative estimate of drug-likeness (QED) is 0.411. The Bertz CT molecular complexity index is 968. The van der Waals surface area contributed by atoms with Gasteiger partial charge in [0, 0.05) is 17.8 Å². The molecular weight excluding hydrogens is 377 g/mol. The van der Waals surface area contributed by atoms with Crippen molar-refractivity contribution >= 4 is 11.3 Å². The van der Waals surface area contributed by atoms with E-state index in [4.69, 9.17) is 4.52 Å². The first-order valence-corrected chi connectivity index (χ1v) is 7.06. The van der Waals surface area contributed by atoms with Crippen LogP contribution in [0.15, 0.2) is 35.0 Å². The summed E-state index contributed by atoms with van der Waals surface area (Å²) >= 11 is 0. The number of aromatic hydroxyl groups is 2. The molecule has 0 fully saturated rings. The van der Waals surface area contributed by atoms with Crippen molar-refractivity contribution in [1.82, 2.24) is 15.2 Å². The molecule has 10 nitrogen and oxygen atoms in total. The molecular formula is C14H9F3N4O6. The van der Waals surface area contributed by atoms with Crippen LogP contribution in [0, 0.1) is 10.1 Å². The number of hydroxylamine groups is 2. The van der Waals surface area contributed by atoms with Gasteiger partial charge in [-0.3, -0.25) is 15.3 Å². The van der Waals surface area contributed by atoms with Crippen LogP contribution in [0.2, 0.25) is 0 Å². The van der Waals surface area contributed by atoms with Crippen LogP contribution in [0.5, 0.6) is 11.5 Å². The van der Waals surface area contributed by atoms with Crippen LogP contribution in [0.25, 0.3) is 17.0 Å². The second-order valence-corrected chi connectivity index (χ2v) is 5.33. The molecule has 1 atom stereocenters. The molecule has 0 amide bonds. The number of hydrogen-bond acceptors (Lipinski definition) is 9. The molecule has 3 N–H and O–H groups in total. The fourth-order valence-electron chi connectivity index (χ4n) is 2.40. The lowest BCUT2D eigenvalue weighted by molar-refractivity contribution is -0.385. The molecule has 142 valence electrons. The van der Waals surface area contributed by atoms with E-state index < -0.39 is 45.8 Å². The molecule has 2 aromatic rings. The highest BCUT2D eigenvalue weighted by Gasteiger charge is 2.48. The van der Waals surface area contributed by atoms with E-state index >= 15 is 0 Å². The summed E-state index contributed by atoms with van der Waals surface area (Å²) in [6.07, 6.45) is -1.94. The summed E-state index contributed by atoms with van der Waals surface area (Å²) in [5.41, 5.74) is -1.59. The summed E-state index contributed by atoms with van der Waals surface area (Å²) in [7, 11) is 0. The van der Waals surface area contributed by atoms with Gasteiger partial charge in [-0.2, -0.15) is 18.2 Å². The molecule has 13 heteroatoms. The second-order valence-electron chi connectivity index (χ2n) is 5.33. The Hall–Kier alpha value is -3.61. The summed E-state index contributed by atoms with van der Waals surface area (Å²) < 4.78 is 44.4. The minimum Gasteiger partial charge on any atom is -0.504 e. The maximum absolute atomic E-state index is 13.2. The predicted molar refractivity (Wildman–Crippen MR) is 80.3 cm³/mol. The largest absolute Gasteiger partial charge is 0.504 e. The lowest BCUT2D eigenvalue weighted by Crippen LogP contribution is -2.43. The van der Waals surface area contributed by atoms with Crippen molar-refractivity contribution in [2.45, 2.75) is 12.2 Å². The third-order valence-corrected chi connectivity index (χ3v) is 3.58. The number of nitro groups is 1. The molecule has 3 rings (SSSR count). The molecule has 1 aliphatic rings. The molecule has 0 spiro atoms. The molecule has 0 saturated heterocycles. The zero-order chi connectivity index (χ0) is 19.9. The number of benzene rings is 1. The maximum Gasteiger partial charge on any atom is 0.415 e. The minimum atomic E-state index is -4.87. The SMILES string of the molecule is O=[N+]([O-])c1cc(-c2noc(C3=CC=CN(O)C3C(F)(F)F)n2)cc(O)c1O. The molecule has 1 unspecified atom stereocenters. The maximum atomic E-state index is 13.2. The van der Waals surface area contributed by atoms with Gasteiger partial charge < -0.3 is 14.7 Å². The monoisotopic (exact) mass is 386 g/mol. The van der Waals surface area contributed by atoms with Gasteiger partial charge in [0.05, 0.1) is 10.5 Å². The molecule has 27 heavy (non-hydrogen) atoms. The van der Waals surface area contributed by atoms with E-state index in [1.165, 1.54) is 0 Å². The molecule has 0 aliphatic carbocycles. The lowest BCUT2D eigenvalue weighted by Gasteiger charge is -2.29. The zero-order valence-corrected chi connectivity index (χ0v) is 13.0. The highest BCUT2D eigenvalue weighted by Crippen LogP contribution is 2.40. The Kier molecular flexibility index (Phi) is 4.23. The summed E-state index contributed by atoms with van der Waals surface area (Å²) in [6.45, 7) is 0. The number of halogens is 3. The van der Waals surface area contributed by atoms with Crippen molar-refractivity contribution in [2.24, 2.45) is 0 Å². The number of rotatable bonds is 3. The number of phenols is 2. The van der Waals surface area contributed by atoms with Crippen molar-refractivity contribution in [3.8, 4) is 22.9 Å². The van der Waals surface area contributed by atoms with E-state index in [9.17, 15) is 38.7 Å². The Morgan fingerprint density at radius 3 is 2.63 bits per heavy atom.